The van der Waals surface area contributed by atoms with E-state index in [1.807, 2.05) is 43.4 Å². The van der Waals surface area contributed by atoms with Gasteiger partial charge in [0.15, 0.2) is 0 Å². The summed E-state index contributed by atoms with van der Waals surface area (Å²) < 4.78 is 38.9. The van der Waals surface area contributed by atoms with Gasteiger partial charge in [0.25, 0.3) is 5.91 Å². The molecule has 52 heavy (non-hydrogen) atoms. The van der Waals surface area contributed by atoms with Gasteiger partial charge < -0.3 is 30.1 Å². The molecular weight excluding hydrogens is 829 g/mol. The number of carboxylic acids is 1. The third kappa shape index (κ3) is 7.74. The molecule has 2 heterocycles. The van der Waals surface area contributed by atoms with Crippen molar-refractivity contribution in [2.24, 2.45) is 5.41 Å². The van der Waals surface area contributed by atoms with Gasteiger partial charge in [0.1, 0.15) is 29.5 Å². The summed E-state index contributed by atoms with van der Waals surface area (Å²) in [5, 5.41) is 16.6. The number of nitrogens with one attached hydrogen (secondary N) is 3. The minimum Gasteiger partial charge on any atom is -0.494 e. The number of amides is 3. The number of likely N-dealkylation sites (tertiary alicyclic amines) is 1. The number of alkyl halides is 1. The number of aromatic nitrogens is 1. The van der Waals surface area contributed by atoms with Gasteiger partial charge in [-0.15, -0.1) is 0 Å². The standard InChI is InChI=1S/C35H39ClIN5O9S/c1-34(2,3)28(39-20-7-5-6-18(12-20)32(45)46)31(44)42-17-21(51-30-24-13-19(36)8-11-23(24)26(50-4)16-38-30)14-25(42)29(43)40-35(15-27(35)37)33(47)41-52(48,49)22-9-10-22/h5-8,11-13,16,21-22,25,27-28,39H,9-10,14-15,17H2,1-4H3,(H,40,43)(H,41,47)(H,45,46)/t21-,25+,27-,28+,35-/m1/s1. The fraction of sp³-hybridized carbons (Fsp3) is 0.457. The molecular formula is C35H39ClIN5O9S. The summed E-state index contributed by atoms with van der Waals surface area (Å²) in [6.07, 6.45) is 1.91. The van der Waals surface area contributed by atoms with Crippen molar-refractivity contribution in [1.29, 1.82) is 0 Å². The molecule has 2 saturated carbocycles. The van der Waals surface area contributed by atoms with E-state index in [0.717, 1.165) is 0 Å². The number of rotatable bonds is 12. The lowest BCUT2D eigenvalue weighted by Gasteiger charge is -2.36. The Morgan fingerprint density at radius 3 is 2.44 bits per heavy atom. The first-order chi connectivity index (χ1) is 24.4. The van der Waals surface area contributed by atoms with Gasteiger partial charge in [0, 0.05) is 31.8 Å². The second kappa shape index (κ2) is 14.2. The van der Waals surface area contributed by atoms with Crippen LogP contribution in [-0.4, -0.2) is 93.7 Å². The molecule has 0 radical (unpaired) electrons. The van der Waals surface area contributed by atoms with Crippen LogP contribution in [-0.2, 0) is 24.4 Å². The Kier molecular flexibility index (Phi) is 10.3. The van der Waals surface area contributed by atoms with Crippen molar-refractivity contribution in [3.05, 3.63) is 59.2 Å². The fourth-order valence-corrected chi connectivity index (χ4v) is 8.98. The Morgan fingerprint density at radius 1 is 1.12 bits per heavy atom. The number of methoxy groups -OCH3 is 1. The van der Waals surface area contributed by atoms with Crippen LogP contribution in [0.1, 0.15) is 56.8 Å². The molecule has 3 aliphatic rings. The summed E-state index contributed by atoms with van der Waals surface area (Å²) in [7, 11) is -2.36. The van der Waals surface area contributed by atoms with E-state index in [0.29, 0.717) is 40.1 Å². The summed E-state index contributed by atoms with van der Waals surface area (Å²) in [5.41, 5.74) is -1.79. The zero-order valence-electron chi connectivity index (χ0n) is 28.8. The number of carbonyl (C=O) groups excluding carboxylic acids is 3. The van der Waals surface area contributed by atoms with Crippen LogP contribution in [0.4, 0.5) is 5.69 Å². The number of pyridine rings is 1. The molecule has 278 valence electrons. The average molecular weight is 868 g/mol. The van der Waals surface area contributed by atoms with Gasteiger partial charge >= 0.3 is 5.97 Å². The molecule has 2 aliphatic carbocycles. The molecule has 3 fully saturated rings. The van der Waals surface area contributed by atoms with Crippen molar-refractivity contribution >= 4 is 84.4 Å². The number of ether oxygens (including phenoxy) is 2. The number of aromatic carboxylic acids is 1. The molecule has 4 N–H and O–H groups in total. The number of hydrogen-bond donors (Lipinski definition) is 4. The predicted octanol–water partition coefficient (Wildman–Crippen LogP) is 4.14. The number of carbonyl (C=O) groups is 4. The fourth-order valence-electron chi connectivity index (χ4n) is 6.31. The number of anilines is 1. The molecule has 14 nitrogen and oxygen atoms in total. The highest BCUT2D eigenvalue weighted by molar-refractivity contribution is 14.1. The van der Waals surface area contributed by atoms with Gasteiger partial charge in [0.2, 0.25) is 27.7 Å². The van der Waals surface area contributed by atoms with E-state index >= 15 is 0 Å². The molecule has 1 aromatic heterocycles. The lowest BCUT2D eigenvalue weighted by Crippen LogP contribution is -2.58. The van der Waals surface area contributed by atoms with Crippen molar-refractivity contribution in [2.75, 3.05) is 19.0 Å². The van der Waals surface area contributed by atoms with Crippen LogP contribution in [0.15, 0.2) is 48.7 Å². The molecule has 0 spiro atoms. The number of hydrogen-bond acceptors (Lipinski definition) is 10. The van der Waals surface area contributed by atoms with E-state index in [2.05, 4.69) is 20.3 Å². The highest BCUT2D eigenvalue weighted by Crippen LogP contribution is 2.44. The molecule has 6 rings (SSSR count). The first kappa shape index (κ1) is 37.8. The van der Waals surface area contributed by atoms with E-state index in [9.17, 15) is 32.7 Å². The van der Waals surface area contributed by atoms with Crippen LogP contribution >= 0.6 is 34.2 Å². The zero-order chi connectivity index (χ0) is 37.7. The van der Waals surface area contributed by atoms with E-state index < -0.39 is 68.1 Å². The van der Waals surface area contributed by atoms with Crippen molar-refractivity contribution in [1.82, 2.24) is 19.9 Å². The van der Waals surface area contributed by atoms with Crippen molar-refractivity contribution < 1.29 is 42.2 Å². The Balaban J connectivity index is 1.31. The molecule has 0 unspecified atom stereocenters. The third-order valence-electron chi connectivity index (χ3n) is 9.48. The maximum absolute atomic E-state index is 14.6. The van der Waals surface area contributed by atoms with Crippen LogP contribution in [0, 0.1) is 5.41 Å². The van der Waals surface area contributed by atoms with Gasteiger partial charge in [-0.25, -0.2) is 18.2 Å². The summed E-state index contributed by atoms with van der Waals surface area (Å²) in [6.45, 7) is 5.47. The second-order valence-corrected chi connectivity index (χ2v) is 18.3. The van der Waals surface area contributed by atoms with Crippen molar-refractivity contribution in [3.63, 3.8) is 0 Å². The maximum Gasteiger partial charge on any atom is 0.335 e. The topological polar surface area (TPSA) is 193 Å². The number of carboxylic acid groups (broad SMARTS) is 1. The Morgan fingerprint density at radius 2 is 1.83 bits per heavy atom. The molecule has 3 aromatic rings. The zero-order valence-corrected chi connectivity index (χ0v) is 32.5. The number of sulfonamides is 1. The number of fused-ring (bicyclic) bond motifs is 1. The minimum atomic E-state index is -3.88. The smallest absolute Gasteiger partial charge is 0.335 e. The van der Waals surface area contributed by atoms with Crippen molar-refractivity contribution in [3.8, 4) is 11.6 Å². The summed E-state index contributed by atoms with van der Waals surface area (Å²) >= 11 is 8.33. The first-order valence-corrected chi connectivity index (χ1v) is 19.8. The Labute approximate surface area is 319 Å². The maximum atomic E-state index is 14.6. The summed E-state index contributed by atoms with van der Waals surface area (Å²) in [6, 6.07) is 9.16. The van der Waals surface area contributed by atoms with Gasteiger partial charge in [-0.05, 0) is 61.1 Å². The second-order valence-electron chi connectivity index (χ2n) is 14.4. The molecule has 2 aromatic carbocycles. The molecule has 1 saturated heterocycles. The third-order valence-corrected chi connectivity index (χ3v) is 13.0. The van der Waals surface area contributed by atoms with Gasteiger partial charge in [0.05, 0.1) is 30.7 Å². The largest absolute Gasteiger partial charge is 0.494 e. The monoisotopic (exact) mass is 867 g/mol. The molecule has 5 atom stereocenters. The van der Waals surface area contributed by atoms with E-state index in [4.69, 9.17) is 21.1 Å². The lowest BCUT2D eigenvalue weighted by atomic mass is 9.85. The molecule has 1 aliphatic heterocycles. The number of halogens is 2. The van der Waals surface area contributed by atoms with Crippen molar-refractivity contribution in [2.45, 2.75) is 79.4 Å². The number of benzene rings is 2. The van der Waals surface area contributed by atoms with E-state index in [-0.39, 0.29) is 34.8 Å². The predicted molar refractivity (Wildman–Crippen MR) is 201 cm³/mol. The highest BCUT2D eigenvalue weighted by atomic mass is 127. The van der Waals surface area contributed by atoms with Gasteiger partial charge in [-0.2, -0.15) is 0 Å². The Hall–Kier alpha value is -3.90. The average Bonchev–Trinajstić information content (AvgIpc) is 4.00. The quantitative estimate of drug-likeness (QED) is 0.151. The van der Waals surface area contributed by atoms with Crippen LogP contribution in [0.3, 0.4) is 0 Å². The minimum absolute atomic E-state index is 0.0166. The van der Waals surface area contributed by atoms with Crippen LogP contribution in [0.2, 0.25) is 5.02 Å². The highest BCUT2D eigenvalue weighted by Gasteiger charge is 2.62. The summed E-state index contributed by atoms with van der Waals surface area (Å²) in [4.78, 5) is 59.8. The first-order valence-electron chi connectivity index (χ1n) is 16.6. The normalized spacial score (nSPS) is 23.4. The molecule has 3 amide bonds. The van der Waals surface area contributed by atoms with Crippen LogP contribution in [0.25, 0.3) is 10.8 Å². The summed E-state index contributed by atoms with van der Waals surface area (Å²) in [5.74, 6) is -2.34. The van der Waals surface area contributed by atoms with Gasteiger partial charge in [-0.1, -0.05) is 61.0 Å². The number of nitrogens with zero attached hydrogens (tertiary/aromatic N) is 2. The Bertz CT molecular complexity index is 2060. The molecule has 0 bridgehead atoms. The lowest BCUT2D eigenvalue weighted by molar-refractivity contribution is -0.141. The SMILES string of the molecule is COc1cnc(O[C@@H]2C[C@@H](C(=O)N[C@]3(C(=O)NS(=O)(=O)C4CC4)C[C@H]3I)N(C(=O)[C@H](Nc3cccc(C(=O)O)c3)C(C)(C)C)C2)c2cc(Cl)ccc12. The van der Waals surface area contributed by atoms with Crippen LogP contribution < -0.4 is 24.8 Å². The van der Waals surface area contributed by atoms with E-state index in [1.54, 1.807) is 30.3 Å². The van der Waals surface area contributed by atoms with Crippen LogP contribution in [0.5, 0.6) is 11.6 Å². The van der Waals surface area contributed by atoms with E-state index in [1.165, 1.54) is 30.3 Å². The van der Waals surface area contributed by atoms with Gasteiger partial charge in [-0.3, -0.25) is 19.1 Å². The molecule has 17 heteroatoms.